The van der Waals surface area contributed by atoms with Crippen LogP contribution in [0.2, 0.25) is 0 Å². The molecular weight excluding hydrogens is 360 g/mol. The summed E-state index contributed by atoms with van der Waals surface area (Å²) in [5.41, 5.74) is 4.11. The number of thiophene rings is 1. The maximum absolute atomic E-state index is 10.9. The number of carboxylic acid groups (broad SMARTS) is 1. The van der Waals surface area contributed by atoms with Crippen molar-refractivity contribution in [3.05, 3.63) is 71.6 Å². The second-order valence-corrected chi connectivity index (χ2v) is 6.84. The number of hydrogen-bond acceptors (Lipinski definition) is 5. The second-order valence-electron chi connectivity index (χ2n) is 5.75. The molecule has 4 rings (SSSR count). The summed E-state index contributed by atoms with van der Waals surface area (Å²) in [6.45, 7) is 0. The third kappa shape index (κ3) is 3.68. The van der Waals surface area contributed by atoms with Crippen LogP contribution >= 0.6 is 11.3 Å². The molecule has 0 bridgehead atoms. The lowest BCUT2D eigenvalue weighted by Gasteiger charge is -2.03. The van der Waals surface area contributed by atoms with Gasteiger partial charge >= 0.3 is 5.97 Å². The van der Waals surface area contributed by atoms with Gasteiger partial charge in [0, 0.05) is 21.4 Å². The van der Waals surface area contributed by atoms with Crippen molar-refractivity contribution in [1.29, 1.82) is 0 Å². The first-order valence-corrected chi connectivity index (χ1v) is 8.97. The van der Waals surface area contributed by atoms with Gasteiger partial charge in [-0.3, -0.25) is 0 Å². The topological polar surface area (TPSA) is 91.8 Å². The molecule has 2 heterocycles. The van der Waals surface area contributed by atoms with Gasteiger partial charge in [0.15, 0.2) is 5.82 Å². The van der Waals surface area contributed by atoms with E-state index in [0.717, 1.165) is 38.1 Å². The summed E-state index contributed by atoms with van der Waals surface area (Å²) >= 11 is 1.49. The van der Waals surface area contributed by atoms with E-state index in [-0.39, 0.29) is 0 Å². The van der Waals surface area contributed by atoms with Crippen LogP contribution in [0.25, 0.3) is 39.0 Å². The third-order valence-corrected chi connectivity index (χ3v) is 5.16. The van der Waals surface area contributed by atoms with Crippen molar-refractivity contribution in [2.45, 2.75) is 0 Å². The summed E-state index contributed by atoms with van der Waals surface area (Å²) in [4.78, 5) is 12.7. The first-order chi connectivity index (χ1) is 13.2. The highest BCUT2D eigenvalue weighted by Gasteiger charge is 2.14. The van der Waals surface area contributed by atoms with E-state index in [1.807, 2.05) is 24.3 Å². The molecule has 2 aromatic carbocycles. The van der Waals surface area contributed by atoms with Crippen molar-refractivity contribution in [2.75, 3.05) is 0 Å². The Labute approximate surface area is 158 Å². The van der Waals surface area contributed by atoms with E-state index in [2.05, 4.69) is 57.0 Å². The van der Waals surface area contributed by atoms with Crippen molar-refractivity contribution in [3.8, 4) is 33.0 Å². The molecule has 0 radical (unpaired) electrons. The molecule has 0 saturated heterocycles. The number of nitrogens with one attached hydrogen (secondary N) is 1. The van der Waals surface area contributed by atoms with Gasteiger partial charge in [-0.1, -0.05) is 54.6 Å². The van der Waals surface area contributed by atoms with Gasteiger partial charge in [0.1, 0.15) is 0 Å². The molecule has 27 heavy (non-hydrogen) atoms. The number of tetrazole rings is 1. The van der Waals surface area contributed by atoms with Crippen LogP contribution < -0.4 is 0 Å². The zero-order chi connectivity index (χ0) is 18.6. The zero-order valence-electron chi connectivity index (χ0n) is 14.0. The fourth-order valence-corrected chi connectivity index (χ4v) is 3.80. The van der Waals surface area contributed by atoms with Crippen LogP contribution in [0.5, 0.6) is 0 Å². The van der Waals surface area contributed by atoms with E-state index in [9.17, 15) is 4.79 Å². The molecule has 0 aliphatic heterocycles. The molecular formula is C20H14N4O2S. The van der Waals surface area contributed by atoms with Crippen LogP contribution in [-0.4, -0.2) is 31.7 Å². The minimum atomic E-state index is -1.00. The SMILES string of the molecule is O=C(O)C=Cc1sc(-c2ccc(-c3ccccc3)cc2)cc1-c1nnn[nH]1. The molecule has 132 valence electrons. The first-order valence-electron chi connectivity index (χ1n) is 8.15. The number of rotatable bonds is 5. The predicted molar refractivity (Wildman–Crippen MR) is 105 cm³/mol. The third-order valence-electron chi connectivity index (χ3n) is 4.02. The highest BCUT2D eigenvalue weighted by molar-refractivity contribution is 7.16. The predicted octanol–water partition coefficient (Wildman–Crippen LogP) is 4.36. The molecule has 7 heteroatoms. The maximum atomic E-state index is 10.9. The Balaban J connectivity index is 1.71. The molecule has 6 nitrogen and oxygen atoms in total. The summed E-state index contributed by atoms with van der Waals surface area (Å²) in [6.07, 6.45) is 2.67. The largest absolute Gasteiger partial charge is 0.478 e. The Bertz CT molecular complexity index is 1080. The number of aromatic nitrogens is 4. The van der Waals surface area contributed by atoms with Crippen molar-refractivity contribution in [1.82, 2.24) is 20.6 Å². The second kappa shape index (κ2) is 7.35. The molecule has 0 saturated carbocycles. The number of carboxylic acids is 1. The quantitative estimate of drug-likeness (QED) is 0.506. The Morgan fingerprint density at radius 2 is 1.70 bits per heavy atom. The molecule has 0 amide bonds. The number of aliphatic carboxylic acids is 1. The molecule has 0 aliphatic rings. The van der Waals surface area contributed by atoms with Gasteiger partial charge in [-0.15, -0.1) is 16.4 Å². The van der Waals surface area contributed by atoms with Crippen LogP contribution in [0.1, 0.15) is 4.88 Å². The summed E-state index contributed by atoms with van der Waals surface area (Å²) in [5, 5.41) is 22.8. The van der Waals surface area contributed by atoms with Gasteiger partial charge < -0.3 is 5.11 Å². The van der Waals surface area contributed by atoms with E-state index in [0.29, 0.717) is 5.82 Å². The lowest BCUT2D eigenvalue weighted by Crippen LogP contribution is -1.86. The Morgan fingerprint density at radius 1 is 1.00 bits per heavy atom. The average molecular weight is 374 g/mol. The molecule has 0 unspecified atom stereocenters. The molecule has 2 aromatic heterocycles. The van der Waals surface area contributed by atoms with Crippen LogP contribution in [0.4, 0.5) is 0 Å². The van der Waals surface area contributed by atoms with E-state index in [1.54, 1.807) is 6.08 Å². The minimum Gasteiger partial charge on any atom is -0.478 e. The van der Waals surface area contributed by atoms with E-state index in [1.165, 1.54) is 11.3 Å². The summed E-state index contributed by atoms with van der Waals surface area (Å²) < 4.78 is 0. The monoisotopic (exact) mass is 374 g/mol. The average Bonchev–Trinajstić information content (AvgIpc) is 3.37. The summed E-state index contributed by atoms with van der Waals surface area (Å²) in [5.74, 6) is -0.498. The van der Waals surface area contributed by atoms with Crippen LogP contribution in [-0.2, 0) is 4.79 Å². The van der Waals surface area contributed by atoms with Crippen molar-refractivity contribution < 1.29 is 9.90 Å². The van der Waals surface area contributed by atoms with Crippen molar-refractivity contribution >= 4 is 23.4 Å². The molecule has 0 aliphatic carbocycles. The number of benzene rings is 2. The molecule has 2 N–H and O–H groups in total. The standard InChI is InChI=1S/C20H14N4O2S/c25-19(26)11-10-17-16(20-21-23-24-22-20)12-18(27-17)15-8-6-14(7-9-15)13-4-2-1-3-5-13/h1-12H,(H,25,26)(H,21,22,23,24). The Hall–Kier alpha value is -3.58. The first kappa shape index (κ1) is 16.9. The van der Waals surface area contributed by atoms with E-state index < -0.39 is 5.97 Å². The zero-order valence-corrected chi connectivity index (χ0v) is 14.9. The van der Waals surface area contributed by atoms with Gasteiger partial charge in [0.25, 0.3) is 0 Å². The van der Waals surface area contributed by atoms with Gasteiger partial charge in [0.2, 0.25) is 0 Å². The smallest absolute Gasteiger partial charge is 0.328 e. The lowest BCUT2D eigenvalue weighted by molar-refractivity contribution is -0.131. The van der Waals surface area contributed by atoms with E-state index in [4.69, 9.17) is 5.11 Å². The molecule has 0 fully saturated rings. The van der Waals surface area contributed by atoms with Crippen LogP contribution in [0.3, 0.4) is 0 Å². The number of carbonyl (C=O) groups is 1. The van der Waals surface area contributed by atoms with Crippen molar-refractivity contribution in [3.63, 3.8) is 0 Å². The summed E-state index contributed by atoms with van der Waals surface area (Å²) in [7, 11) is 0. The molecule has 0 atom stereocenters. The lowest BCUT2D eigenvalue weighted by atomic mass is 10.0. The fraction of sp³-hybridized carbons (Fsp3) is 0. The number of nitrogens with zero attached hydrogens (tertiary/aromatic N) is 3. The normalized spacial score (nSPS) is 11.1. The molecule has 4 aromatic rings. The van der Waals surface area contributed by atoms with Crippen LogP contribution in [0, 0.1) is 0 Å². The van der Waals surface area contributed by atoms with Gasteiger partial charge in [-0.05, 0) is 39.3 Å². The number of hydrogen-bond donors (Lipinski definition) is 2. The Kier molecular flexibility index (Phi) is 4.59. The van der Waals surface area contributed by atoms with Gasteiger partial charge in [-0.2, -0.15) is 0 Å². The van der Waals surface area contributed by atoms with E-state index >= 15 is 0 Å². The highest BCUT2D eigenvalue weighted by Crippen LogP contribution is 2.37. The van der Waals surface area contributed by atoms with Crippen LogP contribution in [0.15, 0.2) is 66.7 Å². The highest BCUT2D eigenvalue weighted by atomic mass is 32.1. The summed E-state index contributed by atoms with van der Waals surface area (Å²) in [6, 6.07) is 20.4. The Morgan fingerprint density at radius 3 is 2.37 bits per heavy atom. The van der Waals surface area contributed by atoms with Gasteiger partial charge in [-0.25, -0.2) is 9.89 Å². The number of aromatic amines is 1. The number of H-pyrrole nitrogens is 1. The molecule has 0 spiro atoms. The fourth-order valence-electron chi connectivity index (χ4n) is 2.73. The minimum absolute atomic E-state index is 0.503. The maximum Gasteiger partial charge on any atom is 0.328 e. The van der Waals surface area contributed by atoms with Gasteiger partial charge in [0.05, 0.1) is 0 Å². The van der Waals surface area contributed by atoms with Crippen molar-refractivity contribution in [2.24, 2.45) is 0 Å².